The van der Waals surface area contributed by atoms with Gasteiger partial charge in [-0.05, 0) is 88.8 Å². The summed E-state index contributed by atoms with van der Waals surface area (Å²) < 4.78 is 6.68. The summed E-state index contributed by atoms with van der Waals surface area (Å²) in [6.07, 6.45) is 2.01. The fourth-order valence-corrected chi connectivity index (χ4v) is 3.99. The molecule has 3 rings (SSSR count). The van der Waals surface area contributed by atoms with E-state index in [-0.39, 0.29) is 17.7 Å². The lowest BCUT2D eigenvalue weighted by molar-refractivity contribution is -0.123. The zero-order chi connectivity index (χ0) is 26.1. The number of ether oxygens (including phenoxy) is 1. The van der Waals surface area contributed by atoms with Gasteiger partial charge in [0.25, 0.3) is 11.8 Å². The first-order valence-electron chi connectivity index (χ1n) is 11.6. The summed E-state index contributed by atoms with van der Waals surface area (Å²) in [5.74, 6) is 0.165. The number of hydrogen-bond donors (Lipinski definition) is 2. The van der Waals surface area contributed by atoms with Gasteiger partial charge in [0.1, 0.15) is 18.4 Å². The Kier molecular flexibility index (Phi) is 10.1. The standard InChI is InChI=1S/C28H29BrClN3O3/c1-18(2)14-25(32-27(34)22-9-11-23(30)12-10-22)28(35)33-31-16-21-8-13-26(24(29)15-21)36-17-20-6-4-19(3)5-7-20/h4-13,15-16,18,25H,14,17H2,1-3H3,(H,32,34)(H,33,35). The van der Waals surface area contributed by atoms with Gasteiger partial charge in [0.05, 0.1) is 10.7 Å². The van der Waals surface area contributed by atoms with E-state index in [0.717, 1.165) is 15.6 Å². The number of hydrazone groups is 1. The molecular formula is C28H29BrClN3O3. The molecule has 3 aromatic carbocycles. The van der Waals surface area contributed by atoms with Crippen molar-refractivity contribution in [2.24, 2.45) is 11.0 Å². The monoisotopic (exact) mass is 569 g/mol. The molecule has 0 aliphatic rings. The summed E-state index contributed by atoms with van der Waals surface area (Å²) >= 11 is 9.42. The SMILES string of the molecule is Cc1ccc(COc2ccc(C=NNC(=O)C(CC(C)C)NC(=O)c3ccc(Cl)cc3)cc2Br)cc1. The Morgan fingerprint density at radius 2 is 1.75 bits per heavy atom. The molecule has 0 saturated carbocycles. The molecule has 0 bridgehead atoms. The van der Waals surface area contributed by atoms with Crippen LogP contribution in [0.5, 0.6) is 5.75 Å². The van der Waals surface area contributed by atoms with Crippen LogP contribution in [0.1, 0.15) is 47.3 Å². The maximum Gasteiger partial charge on any atom is 0.262 e. The average Bonchev–Trinajstić information content (AvgIpc) is 2.84. The summed E-state index contributed by atoms with van der Waals surface area (Å²) in [6.45, 7) is 6.48. The van der Waals surface area contributed by atoms with Crippen molar-refractivity contribution < 1.29 is 14.3 Å². The van der Waals surface area contributed by atoms with Crippen LogP contribution in [0.15, 0.2) is 76.3 Å². The number of nitrogens with zero attached hydrogens (tertiary/aromatic N) is 1. The van der Waals surface area contributed by atoms with Gasteiger partial charge in [0, 0.05) is 10.6 Å². The summed E-state index contributed by atoms with van der Waals surface area (Å²) in [5.41, 5.74) is 6.03. The van der Waals surface area contributed by atoms with E-state index >= 15 is 0 Å². The van der Waals surface area contributed by atoms with Crippen molar-refractivity contribution >= 4 is 45.6 Å². The summed E-state index contributed by atoms with van der Waals surface area (Å²) in [4.78, 5) is 25.3. The highest BCUT2D eigenvalue weighted by Gasteiger charge is 2.22. The van der Waals surface area contributed by atoms with Crippen LogP contribution in [0.2, 0.25) is 5.02 Å². The van der Waals surface area contributed by atoms with E-state index in [0.29, 0.717) is 29.4 Å². The van der Waals surface area contributed by atoms with Crippen LogP contribution < -0.4 is 15.5 Å². The molecule has 8 heteroatoms. The lowest BCUT2D eigenvalue weighted by Crippen LogP contribution is -2.46. The quantitative estimate of drug-likeness (QED) is 0.222. The van der Waals surface area contributed by atoms with Crippen molar-refractivity contribution in [2.45, 2.75) is 39.8 Å². The normalized spacial score (nSPS) is 11.9. The van der Waals surface area contributed by atoms with E-state index in [4.69, 9.17) is 16.3 Å². The van der Waals surface area contributed by atoms with Gasteiger partial charge in [-0.15, -0.1) is 0 Å². The van der Waals surface area contributed by atoms with Gasteiger partial charge >= 0.3 is 0 Å². The fraction of sp³-hybridized carbons (Fsp3) is 0.250. The van der Waals surface area contributed by atoms with E-state index in [1.54, 1.807) is 30.5 Å². The smallest absolute Gasteiger partial charge is 0.262 e. The molecule has 2 amide bonds. The molecule has 0 saturated heterocycles. The third-order valence-corrected chi connectivity index (χ3v) is 6.17. The van der Waals surface area contributed by atoms with Crippen molar-refractivity contribution in [1.29, 1.82) is 0 Å². The van der Waals surface area contributed by atoms with Crippen LogP contribution in [-0.4, -0.2) is 24.1 Å². The number of carbonyl (C=O) groups excluding carboxylic acids is 2. The zero-order valence-electron chi connectivity index (χ0n) is 20.4. The number of nitrogens with one attached hydrogen (secondary N) is 2. The zero-order valence-corrected chi connectivity index (χ0v) is 22.8. The molecule has 2 N–H and O–H groups in total. The number of hydrogen-bond acceptors (Lipinski definition) is 4. The predicted molar refractivity (Wildman–Crippen MR) is 148 cm³/mol. The predicted octanol–water partition coefficient (Wildman–Crippen LogP) is 6.28. The van der Waals surface area contributed by atoms with Gasteiger partial charge in [0.2, 0.25) is 0 Å². The molecule has 0 aromatic heterocycles. The average molecular weight is 571 g/mol. The minimum Gasteiger partial charge on any atom is -0.488 e. The molecule has 188 valence electrons. The number of rotatable bonds is 10. The molecule has 0 spiro atoms. The van der Waals surface area contributed by atoms with Gasteiger partial charge in [-0.2, -0.15) is 5.10 Å². The van der Waals surface area contributed by atoms with Gasteiger partial charge in [-0.1, -0.05) is 55.3 Å². The third-order valence-electron chi connectivity index (χ3n) is 5.29. The van der Waals surface area contributed by atoms with Crippen LogP contribution in [-0.2, 0) is 11.4 Å². The van der Waals surface area contributed by atoms with Crippen LogP contribution in [0.3, 0.4) is 0 Å². The van der Waals surface area contributed by atoms with Crippen molar-refractivity contribution in [3.8, 4) is 5.75 Å². The highest BCUT2D eigenvalue weighted by molar-refractivity contribution is 9.10. The fourth-order valence-electron chi connectivity index (χ4n) is 3.35. The minimum absolute atomic E-state index is 0.193. The lowest BCUT2D eigenvalue weighted by atomic mass is 10.0. The van der Waals surface area contributed by atoms with Crippen molar-refractivity contribution in [1.82, 2.24) is 10.7 Å². The second-order valence-electron chi connectivity index (χ2n) is 8.86. The number of amides is 2. The van der Waals surface area contributed by atoms with E-state index < -0.39 is 6.04 Å². The molecule has 6 nitrogen and oxygen atoms in total. The Bertz CT molecular complexity index is 1210. The molecule has 0 fully saturated rings. The molecule has 0 radical (unpaired) electrons. The molecule has 1 atom stereocenters. The summed E-state index contributed by atoms with van der Waals surface area (Å²) in [6, 6.07) is 19.5. The first-order valence-corrected chi connectivity index (χ1v) is 12.8. The second kappa shape index (κ2) is 13.2. The van der Waals surface area contributed by atoms with Gasteiger partial charge in [-0.25, -0.2) is 5.43 Å². The summed E-state index contributed by atoms with van der Waals surface area (Å²) in [5, 5.41) is 7.40. The van der Waals surface area contributed by atoms with Crippen LogP contribution in [0.4, 0.5) is 0 Å². The van der Waals surface area contributed by atoms with Gasteiger partial charge in [-0.3, -0.25) is 9.59 Å². The highest BCUT2D eigenvalue weighted by Crippen LogP contribution is 2.26. The lowest BCUT2D eigenvalue weighted by Gasteiger charge is -2.19. The first-order chi connectivity index (χ1) is 17.2. The Labute approximate surface area is 225 Å². The maximum atomic E-state index is 12.8. The van der Waals surface area contributed by atoms with Gasteiger partial charge in [0.15, 0.2) is 0 Å². The third kappa shape index (κ3) is 8.50. The van der Waals surface area contributed by atoms with E-state index in [2.05, 4.69) is 43.9 Å². The molecule has 0 aliphatic carbocycles. The van der Waals surface area contributed by atoms with Gasteiger partial charge < -0.3 is 10.1 Å². The largest absolute Gasteiger partial charge is 0.488 e. The molecule has 0 heterocycles. The van der Waals surface area contributed by atoms with Crippen molar-refractivity contribution in [3.05, 3.63) is 98.5 Å². The first kappa shape index (κ1) is 27.4. The number of halogens is 2. The molecule has 0 aliphatic heterocycles. The van der Waals surface area contributed by atoms with E-state index in [1.165, 1.54) is 5.56 Å². The topological polar surface area (TPSA) is 79.8 Å². The maximum absolute atomic E-state index is 12.8. The van der Waals surface area contributed by atoms with E-state index in [9.17, 15) is 9.59 Å². The number of benzene rings is 3. The van der Waals surface area contributed by atoms with Crippen LogP contribution in [0.25, 0.3) is 0 Å². The van der Waals surface area contributed by atoms with E-state index in [1.807, 2.05) is 51.1 Å². The van der Waals surface area contributed by atoms with Crippen molar-refractivity contribution in [2.75, 3.05) is 0 Å². The Morgan fingerprint density at radius 3 is 2.39 bits per heavy atom. The second-order valence-corrected chi connectivity index (χ2v) is 10.2. The Hall–Kier alpha value is -3.16. The molecule has 36 heavy (non-hydrogen) atoms. The molecule has 1 unspecified atom stereocenters. The van der Waals surface area contributed by atoms with Crippen molar-refractivity contribution in [3.63, 3.8) is 0 Å². The Morgan fingerprint density at radius 1 is 1.06 bits per heavy atom. The minimum atomic E-state index is -0.727. The summed E-state index contributed by atoms with van der Waals surface area (Å²) in [7, 11) is 0. The number of aryl methyl sites for hydroxylation is 1. The number of carbonyl (C=O) groups is 2. The molecular weight excluding hydrogens is 542 g/mol. The van der Waals surface area contributed by atoms with Crippen LogP contribution in [0, 0.1) is 12.8 Å². The van der Waals surface area contributed by atoms with Crippen LogP contribution >= 0.6 is 27.5 Å². The molecule has 3 aromatic rings. The highest BCUT2D eigenvalue weighted by atomic mass is 79.9. The Balaban J connectivity index is 1.58.